The van der Waals surface area contributed by atoms with Gasteiger partial charge in [-0.05, 0) is 31.2 Å². The van der Waals surface area contributed by atoms with E-state index in [1.165, 1.54) is 5.56 Å². The van der Waals surface area contributed by atoms with Crippen LogP contribution in [0.3, 0.4) is 0 Å². The van der Waals surface area contributed by atoms with Crippen LogP contribution in [0.15, 0.2) is 28.1 Å². The molecule has 1 aromatic carbocycles. The van der Waals surface area contributed by atoms with Gasteiger partial charge in [-0.25, -0.2) is 4.98 Å². The number of benzene rings is 1. The normalized spacial score (nSPS) is 10.6. The largest absolute Gasteiger partial charge is 0.332 e. The molecule has 0 bridgehead atoms. The lowest BCUT2D eigenvalue weighted by Crippen LogP contribution is -2.11. The topological polar surface area (TPSA) is 37.0 Å². The molecule has 0 spiro atoms. The van der Waals surface area contributed by atoms with Gasteiger partial charge >= 0.3 is 0 Å². The number of aryl methyl sites for hydroxylation is 1. The molecule has 0 aliphatic rings. The van der Waals surface area contributed by atoms with Gasteiger partial charge in [0.15, 0.2) is 5.13 Å². The molecule has 0 fully saturated rings. The van der Waals surface area contributed by atoms with E-state index in [2.05, 4.69) is 69.0 Å². The smallest absolute Gasteiger partial charge is 0.187 e. The first-order valence-electron chi connectivity index (χ1n) is 5.87. The lowest BCUT2D eigenvalue weighted by Gasteiger charge is -2.04. The quantitative estimate of drug-likeness (QED) is 0.870. The van der Waals surface area contributed by atoms with Crippen LogP contribution in [0.4, 0.5) is 10.8 Å². The highest BCUT2D eigenvalue weighted by molar-refractivity contribution is 9.10. The van der Waals surface area contributed by atoms with Gasteiger partial charge in [0, 0.05) is 22.1 Å². The van der Waals surface area contributed by atoms with Crippen LogP contribution in [0.25, 0.3) is 0 Å². The molecule has 3 nitrogen and oxygen atoms in total. The lowest BCUT2D eigenvalue weighted by atomic mass is 10.2. The Balaban J connectivity index is 2.04. The maximum absolute atomic E-state index is 4.52. The van der Waals surface area contributed by atoms with Crippen LogP contribution in [0.2, 0.25) is 0 Å². The van der Waals surface area contributed by atoms with Crippen molar-refractivity contribution < 1.29 is 0 Å². The predicted molar refractivity (Wildman–Crippen MR) is 81.7 cm³/mol. The maximum Gasteiger partial charge on any atom is 0.187 e. The van der Waals surface area contributed by atoms with Crippen molar-refractivity contribution >= 4 is 38.1 Å². The third kappa shape index (κ3) is 3.54. The Kier molecular flexibility index (Phi) is 4.74. The summed E-state index contributed by atoms with van der Waals surface area (Å²) in [5.74, 6) is 0. The zero-order valence-electron chi connectivity index (χ0n) is 10.5. The Morgan fingerprint density at radius 3 is 2.94 bits per heavy atom. The van der Waals surface area contributed by atoms with Gasteiger partial charge in [-0.1, -0.05) is 28.9 Å². The number of anilines is 2. The van der Waals surface area contributed by atoms with E-state index in [1.807, 2.05) is 0 Å². The van der Waals surface area contributed by atoms with Crippen molar-refractivity contribution in [2.24, 2.45) is 0 Å². The van der Waals surface area contributed by atoms with Crippen LogP contribution < -0.4 is 10.6 Å². The van der Waals surface area contributed by atoms with Crippen molar-refractivity contribution in [2.45, 2.75) is 20.4 Å². The van der Waals surface area contributed by atoms with E-state index in [0.717, 1.165) is 34.1 Å². The minimum atomic E-state index is 0.826. The summed E-state index contributed by atoms with van der Waals surface area (Å²) < 4.78 is 1.11. The summed E-state index contributed by atoms with van der Waals surface area (Å²) in [5.41, 5.74) is 3.36. The fraction of sp³-hybridized carbons (Fsp3) is 0.308. The second-order valence-electron chi connectivity index (χ2n) is 4.01. The van der Waals surface area contributed by atoms with E-state index in [1.54, 1.807) is 11.3 Å². The summed E-state index contributed by atoms with van der Waals surface area (Å²) in [4.78, 5) is 4.52. The monoisotopic (exact) mass is 325 g/mol. The van der Waals surface area contributed by atoms with Gasteiger partial charge in [0.1, 0.15) is 0 Å². The summed E-state index contributed by atoms with van der Waals surface area (Å²) in [5, 5.41) is 9.59. The molecule has 0 radical (unpaired) electrons. The van der Waals surface area contributed by atoms with Crippen molar-refractivity contribution in [1.29, 1.82) is 0 Å². The first-order valence-corrected chi connectivity index (χ1v) is 7.54. The first-order chi connectivity index (χ1) is 8.69. The third-order valence-corrected chi connectivity index (χ3v) is 4.19. The number of halogens is 1. The van der Waals surface area contributed by atoms with E-state index in [0.29, 0.717) is 0 Å². The van der Waals surface area contributed by atoms with Gasteiger partial charge in [0.25, 0.3) is 0 Å². The van der Waals surface area contributed by atoms with E-state index in [9.17, 15) is 0 Å². The molecule has 0 saturated carbocycles. The maximum atomic E-state index is 4.52. The fourth-order valence-corrected chi connectivity index (χ4v) is 2.60. The van der Waals surface area contributed by atoms with Crippen molar-refractivity contribution in [1.82, 2.24) is 10.3 Å². The number of rotatable bonds is 5. The number of thiazole rings is 1. The molecule has 1 aromatic heterocycles. The summed E-state index contributed by atoms with van der Waals surface area (Å²) >= 11 is 5.16. The predicted octanol–water partition coefficient (Wildman–Crippen LogP) is 4.07. The van der Waals surface area contributed by atoms with Crippen LogP contribution in [0.1, 0.15) is 18.2 Å². The van der Waals surface area contributed by atoms with Crippen LogP contribution in [0.5, 0.6) is 0 Å². The first kappa shape index (κ1) is 13.5. The van der Waals surface area contributed by atoms with Gasteiger partial charge in [0.2, 0.25) is 0 Å². The van der Waals surface area contributed by atoms with E-state index in [4.69, 9.17) is 0 Å². The molecular formula is C13H16BrN3S. The van der Waals surface area contributed by atoms with Crippen molar-refractivity contribution in [3.63, 3.8) is 0 Å². The molecular weight excluding hydrogens is 310 g/mol. The third-order valence-electron chi connectivity index (χ3n) is 2.53. The lowest BCUT2D eigenvalue weighted by molar-refractivity contribution is 0.715. The van der Waals surface area contributed by atoms with E-state index < -0.39 is 0 Å². The number of hydrogen-bond acceptors (Lipinski definition) is 4. The summed E-state index contributed by atoms with van der Waals surface area (Å²) in [6.07, 6.45) is 0. The zero-order chi connectivity index (χ0) is 13.0. The Morgan fingerprint density at radius 2 is 2.22 bits per heavy atom. The highest BCUT2D eigenvalue weighted by atomic mass is 79.9. The molecule has 96 valence electrons. The van der Waals surface area contributed by atoms with E-state index >= 15 is 0 Å². The van der Waals surface area contributed by atoms with Crippen LogP contribution in [-0.2, 0) is 6.54 Å². The van der Waals surface area contributed by atoms with Crippen LogP contribution in [-0.4, -0.2) is 11.5 Å². The molecule has 1 heterocycles. The Bertz CT molecular complexity index is 525. The molecule has 0 saturated heterocycles. The second kappa shape index (κ2) is 6.31. The Morgan fingerprint density at radius 1 is 1.39 bits per heavy atom. The highest BCUT2D eigenvalue weighted by Gasteiger charge is 2.03. The molecule has 18 heavy (non-hydrogen) atoms. The number of nitrogens with one attached hydrogen (secondary N) is 2. The SMILES string of the molecule is CCNCc1csc(Nc2ccc(C)c(Br)c2)n1. The molecule has 0 aliphatic carbocycles. The molecule has 2 aromatic rings. The average Bonchev–Trinajstić information content (AvgIpc) is 2.79. The minimum Gasteiger partial charge on any atom is -0.332 e. The van der Waals surface area contributed by atoms with Crippen molar-refractivity contribution in [3.8, 4) is 0 Å². The van der Waals surface area contributed by atoms with Crippen molar-refractivity contribution in [2.75, 3.05) is 11.9 Å². The van der Waals surface area contributed by atoms with Crippen LogP contribution >= 0.6 is 27.3 Å². The zero-order valence-corrected chi connectivity index (χ0v) is 12.9. The number of aromatic nitrogens is 1. The van der Waals surface area contributed by atoms with Gasteiger partial charge in [-0.3, -0.25) is 0 Å². The van der Waals surface area contributed by atoms with Gasteiger partial charge in [-0.15, -0.1) is 11.3 Å². The molecule has 0 unspecified atom stereocenters. The summed E-state index contributed by atoms with van der Waals surface area (Å²) in [6, 6.07) is 6.21. The molecule has 0 aliphatic heterocycles. The standard InChI is InChI=1S/C13H16BrN3S/c1-3-15-7-11-8-18-13(17-11)16-10-5-4-9(2)12(14)6-10/h4-6,8,15H,3,7H2,1-2H3,(H,16,17). The van der Waals surface area contributed by atoms with Gasteiger partial charge in [0.05, 0.1) is 5.69 Å². The van der Waals surface area contributed by atoms with E-state index in [-0.39, 0.29) is 0 Å². The Labute approximate surface area is 120 Å². The average molecular weight is 326 g/mol. The molecule has 5 heteroatoms. The second-order valence-corrected chi connectivity index (χ2v) is 5.73. The van der Waals surface area contributed by atoms with Gasteiger partial charge in [-0.2, -0.15) is 0 Å². The minimum absolute atomic E-state index is 0.826. The van der Waals surface area contributed by atoms with Gasteiger partial charge < -0.3 is 10.6 Å². The fourth-order valence-electron chi connectivity index (χ4n) is 1.49. The molecule has 0 amide bonds. The summed E-state index contributed by atoms with van der Waals surface area (Å²) in [7, 11) is 0. The molecule has 0 atom stereocenters. The van der Waals surface area contributed by atoms with Crippen molar-refractivity contribution in [3.05, 3.63) is 39.3 Å². The molecule has 2 N–H and O–H groups in total. The van der Waals surface area contributed by atoms with Crippen LogP contribution in [0, 0.1) is 6.92 Å². The highest BCUT2D eigenvalue weighted by Crippen LogP contribution is 2.25. The number of nitrogens with zero attached hydrogens (tertiary/aromatic N) is 1. The Hall–Kier alpha value is -0.910. The summed E-state index contributed by atoms with van der Waals surface area (Å²) in [6.45, 7) is 5.96. The molecule has 2 rings (SSSR count). The number of hydrogen-bond donors (Lipinski definition) is 2.